The quantitative estimate of drug-likeness (QED) is 0.465. The first kappa shape index (κ1) is 23.8. The van der Waals surface area contributed by atoms with Gasteiger partial charge in [0.25, 0.3) is 0 Å². The van der Waals surface area contributed by atoms with Crippen LogP contribution in [-0.2, 0) is 16.0 Å². The van der Waals surface area contributed by atoms with Crippen LogP contribution in [0.3, 0.4) is 0 Å². The Bertz CT molecular complexity index is 1130. The van der Waals surface area contributed by atoms with E-state index in [0.717, 1.165) is 32.4 Å². The van der Waals surface area contributed by atoms with Gasteiger partial charge >= 0.3 is 0 Å². The Hall–Kier alpha value is -2.91. The van der Waals surface area contributed by atoms with Crippen LogP contribution in [-0.4, -0.2) is 70.7 Å². The minimum atomic E-state index is -0.325. The maximum atomic E-state index is 14.0. The molecule has 35 heavy (non-hydrogen) atoms. The molecular weight excluding hydrogens is 465 g/mol. The molecule has 5 rings (SSSR count). The monoisotopic (exact) mass is 495 g/mol. The highest BCUT2D eigenvalue weighted by molar-refractivity contribution is 7.99. The third kappa shape index (κ3) is 5.85. The number of morpholine rings is 1. The Morgan fingerprint density at radius 1 is 1.00 bits per heavy atom. The molecule has 9 heteroatoms. The van der Waals surface area contributed by atoms with E-state index in [4.69, 9.17) is 4.74 Å². The number of halogens is 1. The fraction of sp³-hybridized carbons (Fsp3) is 0.423. The first-order valence-corrected chi connectivity index (χ1v) is 13.1. The summed E-state index contributed by atoms with van der Waals surface area (Å²) in [4.78, 5) is 17.1. The summed E-state index contributed by atoms with van der Waals surface area (Å²) in [7, 11) is 0. The number of piperidine rings is 1. The summed E-state index contributed by atoms with van der Waals surface area (Å²) < 4.78 is 21.3. The van der Waals surface area contributed by atoms with Gasteiger partial charge in [-0.15, -0.1) is 10.2 Å². The fourth-order valence-electron chi connectivity index (χ4n) is 4.72. The topological polar surface area (TPSA) is 63.5 Å². The van der Waals surface area contributed by atoms with E-state index in [0.29, 0.717) is 49.0 Å². The number of hydrogen-bond acceptors (Lipinski definition) is 6. The molecule has 0 aliphatic carbocycles. The SMILES string of the molecule is O=C(CSc1nnc(N2CCOCC2)n1-c1cccc(F)c1)N1CCC(Cc2ccccc2)CC1. The van der Waals surface area contributed by atoms with Crippen molar-refractivity contribution >= 4 is 23.6 Å². The molecule has 3 heterocycles. The lowest BCUT2D eigenvalue weighted by atomic mass is 9.90. The van der Waals surface area contributed by atoms with Crippen LogP contribution in [0.1, 0.15) is 18.4 Å². The summed E-state index contributed by atoms with van der Waals surface area (Å²) >= 11 is 1.36. The van der Waals surface area contributed by atoms with E-state index in [-0.39, 0.29) is 17.5 Å². The highest BCUT2D eigenvalue weighted by Crippen LogP contribution is 2.28. The third-order valence-electron chi connectivity index (χ3n) is 6.64. The molecule has 184 valence electrons. The zero-order valence-corrected chi connectivity index (χ0v) is 20.5. The van der Waals surface area contributed by atoms with Crippen molar-refractivity contribution in [3.05, 3.63) is 66.0 Å². The molecule has 2 saturated heterocycles. The van der Waals surface area contributed by atoms with Crippen LogP contribution in [0.4, 0.5) is 10.3 Å². The lowest BCUT2D eigenvalue weighted by molar-refractivity contribution is -0.129. The van der Waals surface area contributed by atoms with Crippen LogP contribution < -0.4 is 4.90 Å². The zero-order chi connectivity index (χ0) is 24.0. The normalized spacial score (nSPS) is 17.1. The van der Waals surface area contributed by atoms with E-state index in [9.17, 15) is 9.18 Å². The van der Waals surface area contributed by atoms with Crippen molar-refractivity contribution in [2.24, 2.45) is 5.92 Å². The Morgan fingerprint density at radius 2 is 1.77 bits per heavy atom. The Kier molecular flexibility index (Phi) is 7.63. The lowest BCUT2D eigenvalue weighted by Gasteiger charge is -2.32. The van der Waals surface area contributed by atoms with E-state index in [1.54, 1.807) is 6.07 Å². The van der Waals surface area contributed by atoms with E-state index >= 15 is 0 Å². The Labute approximate surface area is 209 Å². The molecule has 2 aromatic carbocycles. The minimum absolute atomic E-state index is 0.106. The van der Waals surface area contributed by atoms with E-state index in [2.05, 4.69) is 39.4 Å². The molecule has 0 atom stereocenters. The molecule has 0 spiro atoms. The number of nitrogens with zero attached hydrogens (tertiary/aromatic N) is 5. The standard InChI is InChI=1S/C26H30FN5O2S/c27-22-7-4-8-23(18-22)32-25(31-13-15-34-16-14-31)28-29-26(32)35-19-24(33)30-11-9-21(10-12-30)17-20-5-2-1-3-6-20/h1-8,18,21H,9-17,19H2. The van der Waals surface area contributed by atoms with Crippen molar-refractivity contribution in [3.63, 3.8) is 0 Å². The highest BCUT2D eigenvalue weighted by atomic mass is 32.2. The molecular formula is C26H30FN5O2S. The molecule has 0 N–H and O–H groups in total. The van der Waals surface area contributed by atoms with Gasteiger partial charge in [-0.25, -0.2) is 4.39 Å². The first-order valence-electron chi connectivity index (χ1n) is 12.2. The molecule has 0 bridgehead atoms. The number of amides is 1. The van der Waals surface area contributed by atoms with Crippen LogP contribution in [0, 0.1) is 11.7 Å². The van der Waals surface area contributed by atoms with E-state index < -0.39 is 0 Å². The minimum Gasteiger partial charge on any atom is -0.378 e. The van der Waals surface area contributed by atoms with Gasteiger partial charge in [-0.05, 0) is 48.9 Å². The van der Waals surface area contributed by atoms with Crippen LogP contribution in [0.5, 0.6) is 0 Å². The molecule has 0 unspecified atom stereocenters. The molecule has 1 amide bonds. The van der Waals surface area contributed by atoms with Gasteiger partial charge in [-0.3, -0.25) is 9.36 Å². The first-order chi connectivity index (χ1) is 17.2. The van der Waals surface area contributed by atoms with Crippen molar-refractivity contribution in [1.82, 2.24) is 19.7 Å². The fourth-order valence-corrected chi connectivity index (χ4v) is 5.57. The Morgan fingerprint density at radius 3 is 2.51 bits per heavy atom. The second-order valence-corrected chi connectivity index (χ2v) is 9.94. The van der Waals surface area contributed by atoms with Gasteiger partial charge in [0.15, 0.2) is 5.16 Å². The van der Waals surface area contributed by atoms with Crippen molar-refractivity contribution in [2.45, 2.75) is 24.4 Å². The molecule has 3 aromatic rings. The number of benzene rings is 2. The third-order valence-corrected chi connectivity index (χ3v) is 7.55. The Balaban J connectivity index is 1.23. The molecule has 0 radical (unpaired) electrons. The summed E-state index contributed by atoms with van der Waals surface area (Å²) in [6.07, 6.45) is 3.11. The van der Waals surface area contributed by atoms with Crippen LogP contribution in [0.25, 0.3) is 5.69 Å². The predicted molar refractivity (Wildman–Crippen MR) is 135 cm³/mol. The molecule has 2 aliphatic heterocycles. The number of rotatable bonds is 7. The van der Waals surface area contributed by atoms with Gasteiger partial charge in [0.2, 0.25) is 11.9 Å². The van der Waals surface area contributed by atoms with E-state index in [1.165, 1.54) is 29.5 Å². The van der Waals surface area contributed by atoms with Gasteiger partial charge in [-0.2, -0.15) is 0 Å². The van der Waals surface area contributed by atoms with Gasteiger partial charge in [-0.1, -0.05) is 48.2 Å². The number of ether oxygens (including phenoxy) is 1. The van der Waals surface area contributed by atoms with Gasteiger partial charge in [0.05, 0.1) is 24.7 Å². The maximum Gasteiger partial charge on any atom is 0.233 e. The maximum absolute atomic E-state index is 14.0. The molecule has 1 aromatic heterocycles. The smallest absolute Gasteiger partial charge is 0.233 e. The van der Waals surface area contributed by atoms with Crippen LogP contribution >= 0.6 is 11.8 Å². The number of likely N-dealkylation sites (tertiary alicyclic amines) is 1. The summed E-state index contributed by atoms with van der Waals surface area (Å²) in [6, 6.07) is 16.9. The van der Waals surface area contributed by atoms with Crippen LogP contribution in [0.2, 0.25) is 0 Å². The number of carbonyl (C=O) groups is 1. The second-order valence-electron chi connectivity index (χ2n) is 9.00. The van der Waals surface area contributed by atoms with Crippen molar-refractivity contribution in [1.29, 1.82) is 0 Å². The summed E-state index contributed by atoms with van der Waals surface area (Å²) in [5.74, 6) is 1.32. The number of anilines is 1. The summed E-state index contributed by atoms with van der Waals surface area (Å²) in [5.41, 5.74) is 2.01. The van der Waals surface area contributed by atoms with Crippen LogP contribution in [0.15, 0.2) is 59.8 Å². The van der Waals surface area contributed by atoms with Crippen molar-refractivity contribution < 1.29 is 13.9 Å². The number of hydrogen-bond donors (Lipinski definition) is 0. The average molecular weight is 496 g/mol. The lowest BCUT2D eigenvalue weighted by Crippen LogP contribution is -2.40. The number of aromatic nitrogens is 3. The highest BCUT2D eigenvalue weighted by Gasteiger charge is 2.25. The second kappa shape index (κ2) is 11.2. The summed E-state index contributed by atoms with van der Waals surface area (Å²) in [6.45, 7) is 4.16. The van der Waals surface area contributed by atoms with Crippen molar-refractivity contribution in [3.8, 4) is 5.69 Å². The predicted octanol–water partition coefficient (Wildman–Crippen LogP) is 3.82. The number of thioether (sulfide) groups is 1. The van der Waals surface area contributed by atoms with Gasteiger partial charge < -0.3 is 14.5 Å². The molecule has 2 fully saturated rings. The zero-order valence-electron chi connectivity index (χ0n) is 19.7. The van der Waals surface area contributed by atoms with Gasteiger partial charge in [0, 0.05) is 26.2 Å². The van der Waals surface area contributed by atoms with E-state index in [1.807, 2.05) is 21.6 Å². The van der Waals surface area contributed by atoms with Crippen molar-refractivity contribution in [2.75, 3.05) is 50.0 Å². The molecule has 0 saturated carbocycles. The van der Waals surface area contributed by atoms with Gasteiger partial charge in [0.1, 0.15) is 5.82 Å². The summed E-state index contributed by atoms with van der Waals surface area (Å²) in [5, 5.41) is 9.36. The average Bonchev–Trinajstić information content (AvgIpc) is 3.33. The largest absolute Gasteiger partial charge is 0.378 e. The molecule has 7 nitrogen and oxygen atoms in total. The molecule has 2 aliphatic rings. The number of carbonyl (C=O) groups excluding carboxylic acids is 1.